The minimum Gasteiger partial charge on any atom is -0.481 e. The number of hydrogen-bond donors (Lipinski definition) is 2. The first-order valence-corrected chi connectivity index (χ1v) is 4.42. The Morgan fingerprint density at radius 2 is 2.27 bits per heavy atom. The third-order valence-corrected chi connectivity index (χ3v) is 1.96. The summed E-state index contributed by atoms with van der Waals surface area (Å²) < 4.78 is 1.56. The molecule has 1 rings (SSSR count). The standard InChI is InChI=1S/C9H14N4O2/c1-12(2)7-5-13(3)9(10)6(11-7)4-8(14)15/h5,10H,4H2,1-3H3,(H,14,15). The second-order valence-electron chi connectivity index (χ2n) is 3.47. The number of hydrogen-bond acceptors (Lipinski definition) is 4. The van der Waals surface area contributed by atoms with Gasteiger partial charge in [-0.25, -0.2) is 4.98 Å². The smallest absolute Gasteiger partial charge is 0.309 e. The Labute approximate surface area is 87.3 Å². The summed E-state index contributed by atoms with van der Waals surface area (Å²) in [6, 6.07) is 0. The fourth-order valence-corrected chi connectivity index (χ4v) is 1.14. The van der Waals surface area contributed by atoms with E-state index in [2.05, 4.69) is 4.98 Å². The van der Waals surface area contributed by atoms with Crippen molar-refractivity contribution in [1.82, 2.24) is 9.55 Å². The van der Waals surface area contributed by atoms with Gasteiger partial charge in [0.05, 0.1) is 12.1 Å². The summed E-state index contributed by atoms with van der Waals surface area (Å²) in [6.07, 6.45) is 1.46. The minimum absolute atomic E-state index is 0.128. The molecule has 0 saturated carbocycles. The van der Waals surface area contributed by atoms with Gasteiger partial charge in [0.1, 0.15) is 11.3 Å². The molecule has 0 spiro atoms. The number of rotatable bonds is 3. The molecule has 0 radical (unpaired) electrons. The zero-order valence-corrected chi connectivity index (χ0v) is 8.98. The molecule has 0 aliphatic heterocycles. The maximum atomic E-state index is 10.6. The van der Waals surface area contributed by atoms with Crippen molar-refractivity contribution in [1.29, 1.82) is 5.41 Å². The Hall–Kier alpha value is -1.85. The summed E-state index contributed by atoms with van der Waals surface area (Å²) >= 11 is 0. The van der Waals surface area contributed by atoms with Crippen LogP contribution in [0.15, 0.2) is 6.20 Å². The van der Waals surface area contributed by atoms with E-state index in [4.69, 9.17) is 10.5 Å². The summed E-state index contributed by atoms with van der Waals surface area (Å²) in [4.78, 5) is 16.4. The summed E-state index contributed by atoms with van der Waals surface area (Å²) in [6.45, 7) is 0. The fraction of sp³-hybridized carbons (Fsp3) is 0.444. The zero-order chi connectivity index (χ0) is 11.6. The molecular formula is C9H14N4O2. The first-order valence-electron chi connectivity index (χ1n) is 4.42. The van der Waals surface area contributed by atoms with Crippen LogP contribution >= 0.6 is 0 Å². The lowest BCUT2D eigenvalue weighted by Crippen LogP contribution is -2.27. The molecule has 1 heterocycles. The van der Waals surface area contributed by atoms with Crippen LogP contribution in [0.3, 0.4) is 0 Å². The Bertz CT molecular complexity index is 436. The van der Waals surface area contributed by atoms with Crippen LogP contribution in [0.5, 0.6) is 0 Å². The highest BCUT2D eigenvalue weighted by Crippen LogP contribution is 2.04. The van der Waals surface area contributed by atoms with Crippen molar-refractivity contribution >= 4 is 11.8 Å². The highest BCUT2D eigenvalue weighted by Gasteiger charge is 2.08. The Morgan fingerprint density at radius 1 is 1.67 bits per heavy atom. The van der Waals surface area contributed by atoms with Crippen molar-refractivity contribution in [3.05, 3.63) is 17.4 Å². The van der Waals surface area contributed by atoms with Crippen LogP contribution in [-0.4, -0.2) is 34.7 Å². The number of carboxylic acids is 1. The number of carbonyl (C=O) groups is 1. The van der Waals surface area contributed by atoms with Gasteiger partial charge in [0.2, 0.25) is 0 Å². The zero-order valence-electron chi connectivity index (χ0n) is 8.98. The Kier molecular flexibility index (Phi) is 3.08. The van der Waals surface area contributed by atoms with Crippen molar-refractivity contribution in [2.75, 3.05) is 19.0 Å². The molecule has 0 saturated heterocycles. The van der Waals surface area contributed by atoms with Gasteiger partial charge in [-0.15, -0.1) is 0 Å². The third-order valence-electron chi connectivity index (χ3n) is 1.96. The number of anilines is 1. The van der Waals surface area contributed by atoms with Crippen LogP contribution < -0.4 is 10.4 Å². The molecule has 0 unspecified atom stereocenters. The maximum Gasteiger partial charge on any atom is 0.309 e. The Balaban J connectivity index is 3.25. The SMILES string of the molecule is CN(C)c1cn(C)c(=N)c(CC(=O)O)n1. The number of carboxylic acid groups (broad SMARTS) is 1. The lowest BCUT2D eigenvalue weighted by atomic mass is 10.3. The van der Waals surface area contributed by atoms with Crippen LogP contribution in [0, 0.1) is 5.41 Å². The third kappa shape index (κ3) is 2.55. The van der Waals surface area contributed by atoms with Crippen LogP contribution in [0.1, 0.15) is 5.69 Å². The van der Waals surface area contributed by atoms with Gasteiger partial charge in [-0.05, 0) is 0 Å². The second kappa shape index (κ2) is 4.12. The van der Waals surface area contributed by atoms with Crippen LogP contribution in [0.2, 0.25) is 0 Å². The normalized spacial score (nSPS) is 10.1. The summed E-state index contributed by atoms with van der Waals surface area (Å²) in [7, 11) is 5.33. The van der Waals surface area contributed by atoms with Gasteiger partial charge in [0.15, 0.2) is 0 Å². The van der Waals surface area contributed by atoms with E-state index < -0.39 is 5.97 Å². The lowest BCUT2D eigenvalue weighted by Gasteiger charge is -2.14. The molecule has 0 bridgehead atoms. The molecule has 0 amide bonds. The van der Waals surface area contributed by atoms with E-state index in [0.717, 1.165) is 0 Å². The van der Waals surface area contributed by atoms with E-state index in [-0.39, 0.29) is 17.6 Å². The van der Waals surface area contributed by atoms with Crippen LogP contribution in [-0.2, 0) is 18.3 Å². The van der Waals surface area contributed by atoms with E-state index in [9.17, 15) is 4.79 Å². The van der Waals surface area contributed by atoms with E-state index in [0.29, 0.717) is 5.82 Å². The number of aromatic nitrogens is 2. The molecule has 6 heteroatoms. The molecule has 0 aromatic carbocycles. The largest absolute Gasteiger partial charge is 0.481 e. The van der Waals surface area contributed by atoms with Crippen LogP contribution in [0.4, 0.5) is 5.82 Å². The predicted molar refractivity (Wildman–Crippen MR) is 54.7 cm³/mol. The maximum absolute atomic E-state index is 10.6. The van der Waals surface area contributed by atoms with Gasteiger partial charge < -0.3 is 14.6 Å². The molecule has 0 aliphatic carbocycles. The number of nitrogens with zero attached hydrogens (tertiary/aromatic N) is 3. The molecule has 1 aromatic heterocycles. The van der Waals surface area contributed by atoms with Crippen molar-refractivity contribution in [3.63, 3.8) is 0 Å². The van der Waals surface area contributed by atoms with E-state index in [1.54, 1.807) is 22.7 Å². The number of nitrogens with one attached hydrogen (secondary N) is 1. The van der Waals surface area contributed by atoms with E-state index in [1.165, 1.54) is 0 Å². The van der Waals surface area contributed by atoms with Gasteiger partial charge in [-0.2, -0.15) is 0 Å². The topological polar surface area (TPSA) is 82.2 Å². The average molecular weight is 210 g/mol. The van der Waals surface area contributed by atoms with Gasteiger partial charge in [0, 0.05) is 27.3 Å². The summed E-state index contributed by atoms with van der Waals surface area (Å²) in [5.41, 5.74) is 0.402. The Morgan fingerprint density at radius 3 is 2.73 bits per heavy atom. The highest BCUT2D eigenvalue weighted by atomic mass is 16.4. The average Bonchev–Trinajstić information content (AvgIpc) is 2.11. The first kappa shape index (κ1) is 11.2. The molecule has 6 nitrogen and oxygen atoms in total. The molecular weight excluding hydrogens is 196 g/mol. The second-order valence-corrected chi connectivity index (χ2v) is 3.47. The highest BCUT2D eigenvalue weighted by molar-refractivity contribution is 5.69. The molecule has 0 aliphatic rings. The molecule has 2 N–H and O–H groups in total. The van der Waals surface area contributed by atoms with Crippen molar-refractivity contribution < 1.29 is 9.90 Å². The lowest BCUT2D eigenvalue weighted by molar-refractivity contribution is -0.136. The van der Waals surface area contributed by atoms with E-state index in [1.807, 2.05) is 14.1 Å². The fourth-order valence-electron chi connectivity index (χ4n) is 1.14. The van der Waals surface area contributed by atoms with Gasteiger partial charge in [-0.1, -0.05) is 0 Å². The van der Waals surface area contributed by atoms with Crippen LogP contribution in [0.25, 0.3) is 0 Å². The molecule has 0 fully saturated rings. The van der Waals surface area contributed by atoms with Gasteiger partial charge in [0.25, 0.3) is 0 Å². The first-order chi connectivity index (χ1) is 6.91. The van der Waals surface area contributed by atoms with E-state index >= 15 is 0 Å². The predicted octanol–water partition coefficient (Wildman–Crippen LogP) is -0.407. The number of aliphatic carboxylic acids is 1. The summed E-state index contributed by atoms with van der Waals surface area (Å²) in [5, 5.41) is 16.3. The molecule has 1 aromatic rings. The molecule has 15 heavy (non-hydrogen) atoms. The minimum atomic E-state index is -0.980. The monoisotopic (exact) mass is 210 g/mol. The van der Waals surface area contributed by atoms with Gasteiger partial charge in [-0.3, -0.25) is 10.2 Å². The quantitative estimate of drug-likeness (QED) is 0.710. The van der Waals surface area contributed by atoms with Crippen molar-refractivity contribution in [2.24, 2.45) is 7.05 Å². The van der Waals surface area contributed by atoms with Crippen molar-refractivity contribution in [2.45, 2.75) is 6.42 Å². The number of aryl methyl sites for hydroxylation is 1. The van der Waals surface area contributed by atoms with Crippen molar-refractivity contribution in [3.8, 4) is 0 Å². The molecule has 82 valence electrons. The summed E-state index contributed by atoms with van der Waals surface area (Å²) in [5.74, 6) is -0.336. The van der Waals surface area contributed by atoms with Gasteiger partial charge >= 0.3 is 5.97 Å². The molecule has 0 atom stereocenters.